The molecular formula is C15H25N3O. The number of ether oxygens (including phenoxy) is 1. The molecule has 19 heavy (non-hydrogen) atoms. The Bertz CT molecular complexity index is 402. The van der Waals surface area contributed by atoms with Crippen LogP contribution in [0.25, 0.3) is 0 Å². The fraction of sp³-hybridized carbons (Fsp3) is 0.933. The molecule has 4 aliphatic rings. The van der Waals surface area contributed by atoms with Gasteiger partial charge in [-0.25, -0.2) is 0 Å². The van der Waals surface area contributed by atoms with E-state index in [9.17, 15) is 0 Å². The van der Waals surface area contributed by atoms with Gasteiger partial charge in [-0.2, -0.15) is 0 Å². The SMILES string of the molecule is CC1CC2(CO1)CN(C1=NCC3C(C)CCCN13)C2. The number of rotatable bonds is 0. The number of guanidine groups is 1. The van der Waals surface area contributed by atoms with Crippen LogP contribution >= 0.6 is 0 Å². The molecule has 0 aromatic rings. The van der Waals surface area contributed by atoms with Crippen molar-refractivity contribution in [3.63, 3.8) is 0 Å². The van der Waals surface area contributed by atoms with E-state index in [0.29, 0.717) is 17.6 Å². The van der Waals surface area contributed by atoms with E-state index >= 15 is 0 Å². The van der Waals surface area contributed by atoms with Crippen LogP contribution in [0.4, 0.5) is 0 Å². The summed E-state index contributed by atoms with van der Waals surface area (Å²) in [5.41, 5.74) is 0.446. The van der Waals surface area contributed by atoms with E-state index in [1.54, 1.807) is 0 Å². The molecule has 0 bridgehead atoms. The van der Waals surface area contributed by atoms with Gasteiger partial charge < -0.3 is 14.5 Å². The van der Waals surface area contributed by atoms with Crippen LogP contribution < -0.4 is 0 Å². The zero-order valence-electron chi connectivity index (χ0n) is 12.1. The van der Waals surface area contributed by atoms with Gasteiger partial charge in [-0.1, -0.05) is 6.92 Å². The van der Waals surface area contributed by atoms with Crippen LogP contribution in [0, 0.1) is 11.3 Å². The Morgan fingerprint density at radius 3 is 2.89 bits per heavy atom. The van der Waals surface area contributed by atoms with Crippen molar-refractivity contribution in [1.29, 1.82) is 0 Å². The fourth-order valence-corrected chi connectivity index (χ4v) is 4.50. The fourth-order valence-electron chi connectivity index (χ4n) is 4.50. The highest BCUT2D eigenvalue weighted by molar-refractivity contribution is 5.83. The number of fused-ring (bicyclic) bond motifs is 1. The first-order chi connectivity index (χ1) is 9.17. The molecule has 4 heteroatoms. The van der Waals surface area contributed by atoms with Crippen molar-refractivity contribution in [2.24, 2.45) is 16.3 Å². The predicted octanol–water partition coefficient (Wildman–Crippen LogP) is 1.57. The molecular weight excluding hydrogens is 238 g/mol. The summed E-state index contributed by atoms with van der Waals surface area (Å²) in [6, 6.07) is 0.680. The van der Waals surface area contributed by atoms with Gasteiger partial charge in [0.25, 0.3) is 0 Å². The lowest BCUT2D eigenvalue weighted by molar-refractivity contribution is 0.0259. The van der Waals surface area contributed by atoms with Gasteiger partial charge in [-0.05, 0) is 32.1 Å². The molecule has 4 aliphatic heterocycles. The van der Waals surface area contributed by atoms with E-state index in [1.165, 1.54) is 31.8 Å². The first-order valence-electron chi connectivity index (χ1n) is 7.85. The molecule has 4 rings (SSSR count). The summed E-state index contributed by atoms with van der Waals surface area (Å²) in [4.78, 5) is 9.94. The second-order valence-corrected chi connectivity index (χ2v) is 7.20. The van der Waals surface area contributed by atoms with Crippen LogP contribution in [0.1, 0.15) is 33.1 Å². The Balaban J connectivity index is 1.42. The second kappa shape index (κ2) is 4.11. The van der Waals surface area contributed by atoms with Gasteiger partial charge in [0.15, 0.2) is 5.96 Å². The minimum atomic E-state index is 0.446. The summed E-state index contributed by atoms with van der Waals surface area (Å²) in [6.45, 7) is 10.1. The lowest BCUT2D eigenvalue weighted by Gasteiger charge is -2.51. The lowest BCUT2D eigenvalue weighted by atomic mass is 9.78. The predicted molar refractivity (Wildman–Crippen MR) is 75.2 cm³/mol. The number of hydrogen-bond donors (Lipinski definition) is 0. The number of aliphatic imine (C=N–C) groups is 1. The molecule has 1 spiro atoms. The van der Waals surface area contributed by atoms with Crippen molar-refractivity contribution in [2.75, 3.05) is 32.8 Å². The zero-order valence-corrected chi connectivity index (χ0v) is 12.1. The minimum Gasteiger partial charge on any atom is -0.378 e. The van der Waals surface area contributed by atoms with E-state index in [1.807, 2.05) is 0 Å². The van der Waals surface area contributed by atoms with E-state index < -0.39 is 0 Å². The van der Waals surface area contributed by atoms with Crippen LogP contribution in [-0.2, 0) is 4.74 Å². The molecule has 0 aromatic carbocycles. The van der Waals surface area contributed by atoms with Crippen LogP contribution in [0.5, 0.6) is 0 Å². The monoisotopic (exact) mass is 263 g/mol. The van der Waals surface area contributed by atoms with Crippen molar-refractivity contribution in [3.05, 3.63) is 0 Å². The molecule has 0 amide bonds. The standard InChI is InChI=1S/C15H25N3O/c1-11-4-3-5-18-13(11)7-16-14(18)17-8-15(9-17)6-12(2)19-10-15/h11-13H,3-10H2,1-2H3. The van der Waals surface area contributed by atoms with Crippen molar-refractivity contribution < 1.29 is 4.74 Å². The molecule has 4 heterocycles. The van der Waals surface area contributed by atoms with E-state index in [-0.39, 0.29) is 0 Å². The Kier molecular flexibility index (Phi) is 2.60. The normalized spacial score (nSPS) is 40.3. The first-order valence-corrected chi connectivity index (χ1v) is 7.85. The highest BCUT2D eigenvalue weighted by atomic mass is 16.5. The summed E-state index contributed by atoms with van der Waals surface area (Å²) < 4.78 is 5.77. The Morgan fingerprint density at radius 2 is 2.16 bits per heavy atom. The summed E-state index contributed by atoms with van der Waals surface area (Å²) in [7, 11) is 0. The Hall–Kier alpha value is -0.770. The highest BCUT2D eigenvalue weighted by Gasteiger charge is 2.51. The van der Waals surface area contributed by atoms with Crippen molar-refractivity contribution in [3.8, 4) is 0 Å². The quantitative estimate of drug-likeness (QED) is 0.664. The smallest absolute Gasteiger partial charge is 0.197 e. The van der Waals surface area contributed by atoms with Gasteiger partial charge in [0.2, 0.25) is 0 Å². The van der Waals surface area contributed by atoms with E-state index in [2.05, 4.69) is 23.6 Å². The maximum absolute atomic E-state index is 5.77. The average Bonchev–Trinajstić information content (AvgIpc) is 2.92. The van der Waals surface area contributed by atoms with Gasteiger partial charge in [0.05, 0.1) is 25.3 Å². The highest BCUT2D eigenvalue weighted by Crippen LogP contribution is 2.42. The number of piperidine rings is 1. The Labute approximate surface area is 115 Å². The maximum atomic E-state index is 5.77. The number of likely N-dealkylation sites (tertiary alicyclic amines) is 1. The zero-order chi connectivity index (χ0) is 13.0. The van der Waals surface area contributed by atoms with Crippen LogP contribution in [-0.4, -0.2) is 60.7 Å². The molecule has 3 fully saturated rings. The maximum Gasteiger partial charge on any atom is 0.197 e. The molecule has 0 N–H and O–H groups in total. The van der Waals surface area contributed by atoms with E-state index in [0.717, 1.165) is 32.2 Å². The minimum absolute atomic E-state index is 0.446. The third kappa shape index (κ3) is 1.79. The summed E-state index contributed by atoms with van der Waals surface area (Å²) in [5, 5.41) is 0. The third-order valence-corrected chi connectivity index (χ3v) is 5.52. The van der Waals surface area contributed by atoms with Gasteiger partial charge in [-0.15, -0.1) is 0 Å². The third-order valence-electron chi connectivity index (χ3n) is 5.52. The van der Waals surface area contributed by atoms with Crippen LogP contribution in [0.15, 0.2) is 4.99 Å². The lowest BCUT2D eigenvalue weighted by Crippen LogP contribution is -2.63. The molecule has 106 valence electrons. The van der Waals surface area contributed by atoms with E-state index in [4.69, 9.17) is 9.73 Å². The van der Waals surface area contributed by atoms with Crippen molar-refractivity contribution in [2.45, 2.75) is 45.3 Å². The Morgan fingerprint density at radius 1 is 1.32 bits per heavy atom. The van der Waals surface area contributed by atoms with Crippen molar-refractivity contribution >= 4 is 5.96 Å². The first kappa shape index (κ1) is 12.0. The summed E-state index contributed by atoms with van der Waals surface area (Å²) in [6.07, 6.45) is 4.39. The molecule has 0 aliphatic carbocycles. The number of nitrogens with zero attached hydrogens (tertiary/aromatic N) is 3. The number of hydrogen-bond acceptors (Lipinski definition) is 4. The topological polar surface area (TPSA) is 28.1 Å². The second-order valence-electron chi connectivity index (χ2n) is 7.20. The van der Waals surface area contributed by atoms with Gasteiger partial charge in [0.1, 0.15) is 0 Å². The molecule has 0 saturated carbocycles. The van der Waals surface area contributed by atoms with Gasteiger partial charge >= 0.3 is 0 Å². The van der Waals surface area contributed by atoms with Gasteiger partial charge in [-0.3, -0.25) is 4.99 Å². The van der Waals surface area contributed by atoms with Crippen LogP contribution in [0.2, 0.25) is 0 Å². The molecule has 0 aromatic heterocycles. The van der Waals surface area contributed by atoms with Crippen molar-refractivity contribution in [1.82, 2.24) is 9.80 Å². The summed E-state index contributed by atoms with van der Waals surface area (Å²) >= 11 is 0. The average molecular weight is 263 g/mol. The molecule has 3 unspecified atom stereocenters. The summed E-state index contributed by atoms with van der Waals surface area (Å²) in [5.74, 6) is 2.10. The largest absolute Gasteiger partial charge is 0.378 e. The molecule has 0 radical (unpaired) electrons. The molecule has 3 saturated heterocycles. The van der Waals surface area contributed by atoms with Gasteiger partial charge in [0, 0.05) is 25.0 Å². The molecule has 3 atom stereocenters. The molecule has 4 nitrogen and oxygen atoms in total. The van der Waals surface area contributed by atoms with Crippen LogP contribution in [0.3, 0.4) is 0 Å².